The number of benzene rings is 1. The van der Waals surface area contributed by atoms with E-state index in [9.17, 15) is 9.90 Å². The minimum Gasteiger partial charge on any atom is -0.478 e. The lowest BCUT2D eigenvalue weighted by molar-refractivity contribution is -0.0591. The second-order valence-corrected chi connectivity index (χ2v) is 10.0. The van der Waals surface area contributed by atoms with Gasteiger partial charge in [-0.3, -0.25) is 4.90 Å². The van der Waals surface area contributed by atoms with E-state index in [1.54, 1.807) is 30.6 Å². The van der Waals surface area contributed by atoms with E-state index in [-0.39, 0.29) is 18.3 Å². The maximum atomic E-state index is 11.6. The third-order valence-electron chi connectivity index (χ3n) is 6.99. The second kappa shape index (κ2) is 11.1. The van der Waals surface area contributed by atoms with Crippen LogP contribution in [0.3, 0.4) is 0 Å². The summed E-state index contributed by atoms with van der Waals surface area (Å²) in [5.74, 6) is 1.02. The number of aromatic carboxylic acids is 1. The Hall–Kier alpha value is -3.86. The quantitative estimate of drug-likeness (QED) is 0.329. The summed E-state index contributed by atoms with van der Waals surface area (Å²) in [6.45, 7) is 3.90. The number of imidazole rings is 1. The summed E-state index contributed by atoms with van der Waals surface area (Å²) >= 11 is 5.84. The van der Waals surface area contributed by atoms with E-state index in [4.69, 9.17) is 26.1 Å². The van der Waals surface area contributed by atoms with Crippen LogP contribution < -0.4 is 4.74 Å². The van der Waals surface area contributed by atoms with Crippen molar-refractivity contribution in [1.82, 2.24) is 29.4 Å². The van der Waals surface area contributed by atoms with Crippen LogP contribution in [0.1, 0.15) is 40.5 Å². The molecule has 1 N–H and O–H groups in total. The molecule has 2 aliphatic rings. The summed E-state index contributed by atoms with van der Waals surface area (Å²) in [5, 5.41) is 9.96. The first kappa shape index (κ1) is 25.4. The zero-order chi connectivity index (χ0) is 26.8. The van der Waals surface area contributed by atoms with Crippen LogP contribution in [0.15, 0.2) is 54.9 Å². The fourth-order valence-corrected chi connectivity index (χ4v) is 4.87. The molecule has 1 aromatic carbocycles. The molecule has 0 saturated carbocycles. The van der Waals surface area contributed by atoms with Crippen LogP contribution in [0.4, 0.5) is 0 Å². The molecule has 3 aromatic heterocycles. The predicted molar refractivity (Wildman–Crippen MR) is 145 cm³/mol. The van der Waals surface area contributed by atoms with Gasteiger partial charge in [0, 0.05) is 38.2 Å². The fourth-order valence-electron chi connectivity index (χ4n) is 4.78. The van der Waals surface area contributed by atoms with E-state index in [1.165, 1.54) is 5.57 Å². The van der Waals surface area contributed by atoms with Gasteiger partial charge >= 0.3 is 5.97 Å². The van der Waals surface area contributed by atoms with E-state index in [0.29, 0.717) is 29.8 Å². The van der Waals surface area contributed by atoms with Crippen LogP contribution >= 0.6 is 11.6 Å². The number of fused-ring (bicyclic) bond motifs is 1. The first-order valence-corrected chi connectivity index (χ1v) is 13.2. The highest BCUT2D eigenvalue weighted by atomic mass is 35.5. The van der Waals surface area contributed by atoms with Gasteiger partial charge in [0.25, 0.3) is 0 Å². The van der Waals surface area contributed by atoms with Gasteiger partial charge in [0.05, 0.1) is 46.5 Å². The van der Waals surface area contributed by atoms with Gasteiger partial charge in [-0.15, -0.1) is 0 Å². The van der Waals surface area contributed by atoms with Gasteiger partial charge in [-0.1, -0.05) is 23.7 Å². The second-order valence-electron chi connectivity index (χ2n) is 9.61. The third-order valence-corrected chi connectivity index (χ3v) is 7.18. The van der Waals surface area contributed by atoms with Gasteiger partial charge in [0.1, 0.15) is 12.4 Å². The summed E-state index contributed by atoms with van der Waals surface area (Å²) in [5.41, 5.74) is 3.95. The number of aromatic nitrogens is 5. The predicted octanol–water partition coefficient (Wildman–Crippen LogP) is 4.23. The summed E-state index contributed by atoms with van der Waals surface area (Å²) in [7, 11) is 0. The van der Waals surface area contributed by atoms with Crippen LogP contribution in [0.25, 0.3) is 16.6 Å². The number of carbonyl (C=O) groups is 1. The largest absolute Gasteiger partial charge is 0.478 e. The number of ether oxygens (including phenoxy) is 2. The van der Waals surface area contributed by atoms with Gasteiger partial charge in [0.15, 0.2) is 5.82 Å². The molecule has 4 aromatic rings. The molecule has 10 nitrogen and oxygen atoms in total. The average molecular weight is 547 g/mol. The Labute approximate surface area is 229 Å². The minimum absolute atomic E-state index is 0.134. The van der Waals surface area contributed by atoms with E-state index < -0.39 is 5.97 Å². The van der Waals surface area contributed by atoms with E-state index in [2.05, 4.69) is 30.5 Å². The van der Waals surface area contributed by atoms with E-state index in [1.807, 2.05) is 18.2 Å². The summed E-state index contributed by atoms with van der Waals surface area (Å²) in [6.07, 6.45) is 7.25. The van der Waals surface area contributed by atoms with Crippen LogP contribution in [-0.2, 0) is 24.4 Å². The Kier molecular flexibility index (Phi) is 7.23. The SMILES string of the molecule is O=C(O)c1ccc2nc(CN3CC=C(c4cccc(OCc5ncc(Cl)cn5)n4)CC3)n(C[C@@H]3CCO3)c2c1. The molecular weight excluding hydrogens is 520 g/mol. The van der Waals surface area contributed by atoms with Crippen molar-refractivity contribution in [2.45, 2.75) is 38.6 Å². The van der Waals surface area contributed by atoms with E-state index >= 15 is 0 Å². The highest BCUT2D eigenvalue weighted by molar-refractivity contribution is 6.30. The molecule has 0 amide bonds. The molecule has 0 aliphatic carbocycles. The summed E-state index contributed by atoms with van der Waals surface area (Å²) in [4.78, 5) is 31.7. The number of hydrogen-bond donors (Lipinski definition) is 1. The van der Waals surface area contributed by atoms with E-state index in [0.717, 1.165) is 55.1 Å². The Morgan fingerprint density at radius 1 is 1.18 bits per heavy atom. The van der Waals surface area contributed by atoms with Crippen LogP contribution in [0.2, 0.25) is 5.02 Å². The number of halogens is 1. The minimum atomic E-state index is -0.943. The lowest BCUT2D eigenvalue weighted by Gasteiger charge is -2.29. The van der Waals surface area contributed by atoms with Crippen molar-refractivity contribution in [2.75, 3.05) is 19.7 Å². The lowest BCUT2D eigenvalue weighted by atomic mass is 10.0. The van der Waals surface area contributed by atoms with Gasteiger partial charge in [0.2, 0.25) is 5.88 Å². The topological polar surface area (TPSA) is 115 Å². The van der Waals surface area contributed by atoms with Crippen LogP contribution in [-0.4, -0.2) is 66.3 Å². The fraction of sp³-hybridized carbons (Fsp3) is 0.321. The highest BCUT2D eigenvalue weighted by Crippen LogP contribution is 2.26. The van der Waals surface area contributed by atoms with Gasteiger partial charge in [-0.05, 0) is 42.7 Å². The zero-order valence-electron chi connectivity index (χ0n) is 21.2. The molecule has 1 saturated heterocycles. The van der Waals surface area contributed by atoms with Gasteiger partial charge in [-0.2, -0.15) is 0 Å². The van der Waals surface area contributed by atoms with Crippen molar-refractivity contribution in [3.05, 3.63) is 82.8 Å². The molecule has 11 heteroatoms. The molecule has 200 valence electrons. The standard InChI is InChI=1S/C28H27ClN6O4/c29-20-13-30-25(31-14-20)17-39-27-3-1-2-22(33-27)18-6-9-34(10-7-18)16-26-32-23-5-4-19(28(36)37)12-24(23)35(26)15-21-8-11-38-21/h1-6,12-14,21H,7-11,15-17H2,(H,36,37)/t21-/m0/s1. The summed E-state index contributed by atoms with van der Waals surface area (Å²) in [6, 6.07) is 10.8. The molecule has 0 radical (unpaired) electrons. The van der Waals surface area contributed by atoms with Crippen LogP contribution in [0.5, 0.6) is 5.88 Å². The molecule has 2 aliphatic heterocycles. The molecule has 0 spiro atoms. The van der Waals surface area contributed by atoms with Crippen molar-refractivity contribution >= 4 is 34.2 Å². The smallest absolute Gasteiger partial charge is 0.335 e. The Bertz CT molecular complexity index is 1530. The maximum Gasteiger partial charge on any atom is 0.335 e. The van der Waals surface area contributed by atoms with Crippen molar-refractivity contribution in [1.29, 1.82) is 0 Å². The van der Waals surface area contributed by atoms with Crippen molar-refractivity contribution in [3.63, 3.8) is 0 Å². The Balaban J connectivity index is 1.15. The lowest BCUT2D eigenvalue weighted by Crippen LogP contribution is -2.33. The molecule has 0 bridgehead atoms. The molecule has 1 atom stereocenters. The Morgan fingerprint density at radius 3 is 2.74 bits per heavy atom. The normalized spacial score (nSPS) is 17.6. The molecule has 6 rings (SSSR count). The van der Waals surface area contributed by atoms with Crippen LogP contribution in [0, 0.1) is 0 Å². The molecule has 1 fully saturated rings. The first-order chi connectivity index (χ1) is 19.0. The number of nitrogens with zero attached hydrogens (tertiary/aromatic N) is 6. The maximum absolute atomic E-state index is 11.6. The first-order valence-electron chi connectivity index (χ1n) is 12.8. The third kappa shape index (κ3) is 5.78. The van der Waals surface area contributed by atoms with Crippen molar-refractivity contribution < 1.29 is 19.4 Å². The van der Waals surface area contributed by atoms with Gasteiger partial charge < -0.3 is 19.1 Å². The zero-order valence-corrected chi connectivity index (χ0v) is 21.9. The Morgan fingerprint density at radius 2 is 2.03 bits per heavy atom. The number of pyridine rings is 1. The molecular formula is C28H27ClN6O4. The van der Waals surface area contributed by atoms with Crippen molar-refractivity contribution in [3.8, 4) is 5.88 Å². The number of hydrogen-bond acceptors (Lipinski definition) is 8. The summed E-state index contributed by atoms with van der Waals surface area (Å²) < 4.78 is 13.6. The molecule has 39 heavy (non-hydrogen) atoms. The highest BCUT2D eigenvalue weighted by Gasteiger charge is 2.24. The monoisotopic (exact) mass is 546 g/mol. The number of carboxylic acids is 1. The van der Waals surface area contributed by atoms with Crippen molar-refractivity contribution in [2.24, 2.45) is 0 Å². The molecule has 0 unspecified atom stereocenters. The van der Waals surface area contributed by atoms with Gasteiger partial charge in [-0.25, -0.2) is 24.7 Å². The average Bonchev–Trinajstić information content (AvgIpc) is 3.26. The number of carboxylic acid groups (broad SMARTS) is 1. The number of rotatable bonds is 9. The molecule has 5 heterocycles.